The average Bonchev–Trinajstić information content (AvgIpc) is 2.39. The molecule has 3 nitrogen and oxygen atoms in total. The lowest BCUT2D eigenvalue weighted by Crippen LogP contribution is -1.99. The zero-order valence-electron chi connectivity index (χ0n) is 11.0. The van der Waals surface area contributed by atoms with Gasteiger partial charge in [-0.25, -0.2) is 4.98 Å². The Morgan fingerprint density at radius 2 is 1.83 bits per heavy atom. The van der Waals surface area contributed by atoms with Crippen molar-refractivity contribution in [3.05, 3.63) is 52.7 Å². The summed E-state index contributed by atoms with van der Waals surface area (Å²) in [6, 6.07) is 7.93. The highest BCUT2D eigenvalue weighted by Gasteiger charge is 2.08. The molecule has 0 radical (unpaired) electrons. The number of rotatable bonds is 3. The largest absolute Gasteiger partial charge is 0.438 e. The first-order chi connectivity index (χ1) is 8.61. The van der Waals surface area contributed by atoms with E-state index in [9.17, 15) is 0 Å². The van der Waals surface area contributed by atoms with Crippen molar-refractivity contribution in [3.8, 4) is 11.6 Å². The van der Waals surface area contributed by atoms with Gasteiger partial charge in [-0.15, -0.1) is 0 Å². The van der Waals surface area contributed by atoms with Crippen LogP contribution in [0.3, 0.4) is 0 Å². The summed E-state index contributed by atoms with van der Waals surface area (Å²) in [6.45, 7) is 6.66. The van der Waals surface area contributed by atoms with Crippen molar-refractivity contribution in [2.45, 2.75) is 27.3 Å². The topological polar surface area (TPSA) is 48.1 Å². The van der Waals surface area contributed by atoms with Crippen LogP contribution < -0.4 is 10.5 Å². The summed E-state index contributed by atoms with van der Waals surface area (Å²) in [5, 5.41) is 0. The number of benzene rings is 1. The van der Waals surface area contributed by atoms with E-state index >= 15 is 0 Å². The molecule has 1 heterocycles. The lowest BCUT2D eigenvalue weighted by molar-refractivity contribution is 0.455. The lowest BCUT2D eigenvalue weighted by atomic mass is 10.1. The standard InChI is InChI=1S/C15H18N2O/c1-10-4-5-11(2)15(12(10)3)18-14-8-13(9-16)6-7-17-14/h4-8H,9,16H2,1-3H3. The van der Waals surface area contributed by atoms with E-state index in [1.807, 2.05) is 19.1 Å². The van der Waals surface area contributed by atoms with Crippen LogP contribution in [-0.2, 0) is 6.54 Å². The van der Waals surface area contributed by atoms with E-state index in [4.69, 9.17) is 10.5 Å². The molecule has 0 saturated heterocycles. The van der Waals surface area contributed by atoms with E-state index in [1.54, 1.807) is 6.20 Å². The predicted molar refractivity (Wildman–Crippen MR) is 72.9 cm³/mol. The van der Waals surface area contributed by atoms with E-state index in [0.717, 1.165) is 22.4 Å². The molecule has 3 heteroatoms. The first-order valence-electron chi connectivity index (χ1n) is 6.01. The molecule has 2 rings (SSSR count). The highest BCUT2D eigenvalue weighted by atomic mass is 16.5. The maximum absolute atomic E-state index is 5.90. The van der Waals surface area contributed by atoms with E-state index in [2.05, 4.69) is 31.0 Å². The van der Waals surface area contributed by atoms with Crippen molar-refractivity contribution >= 4 is 0 Å². The van der Waals surface area contributed by atoms with Gasteiger partial charge in [0.2, 0.25) is 5.88 Å². The van der Waals surface area contributed by atoms with Crippen molar-refractivity contribution in [2.75, 3.05) is 0 Å². The molecule has 1 aromatic heterocycles. The summed E-state index contributed by atoms with van der Waals surface area (Å²) in [5.74, 6) is 1.48. The minimum Gasteiger partial charge on any atom is -0.438 e. The van der Waals surface area contributed by atoms with Crippen LogP contribution >= 0.6 is 0 Å². The molecule has 0 aliphatic rings. The van der Waals surface area contributed by atoms with Crippen LogP contribution in [0.15, 0.2) is 30.5 Å². The van der Waals surface area contributed by atoms with Gasteiger partial charge in [-0.1, -0.05) is 12.1 Å². The molecule has 18 heavy (non-hydrogen) atoms. The zero-order valence-corrected chi connectivity index (χ0v) is 11.0. The van der Waals surface area contributed by atoms with Gasteiger partial charge in [0.25, 0.3) is 0 Å². The molecule has 0 spiro atoms. The minimum atomic E-state index is 0.491. The van der Waals surface area contributed by atoms with E-state index in [1.165, 1.54) is 5.56 Å². The third kappa shape index (κ3) is 2.51. The van der Waals surface area contributed by atoms with E-state index in [0.29, 0.717) is 12.4 Å². The molecule has 0 amide bonds. The van der Waals surface area contributed by atoms with Gasteiger partial charge >= 0.3 is 0 Å². The molecular weight excluding hydrogens is 224 g/mol. The molecule has 2 aromatic rings. The molecule has 0 bridgehead atoms. The maximum Gasteiger partial charge on any atom is 0.219 e. The number of ether oxygens (including phenoxy) is 1. The Morgan fingerprint density at radius 1 is 1.11 bits per heavy atom. The predicted octanol–water partition coefficient (Wildman–Crippen LogP) is 3.26. The van der Waals surface area contributed by atoms with Crippen LogP contribution in [0.1, 0.15) is 22.3 Å². The maximum atomic E-state index is 5.90. The minimum absolute atomic E-state index is 0.491. The van der Waals surface area contributed by atoms with Crippen molar-refractivity contribution in [3.63, 3.8) is 0 Å². The second kappa shape index (κ2) is 5.19. The Balaban J connectivity index is 2.36. The number of aromatic nitrogens is 1. The quantitative estimate of drug-likeness (QED) is 0.898. The van der Waals surface area contributed by atoms with Gasteiger partial charge in [-0.3, -0.25) is 0 Å². The Bertz CT molecular complexity index is 564. The number of hydrogen-bond acceptors (Lipinski definition) is 3. The summed E-state index contributed by atoms with van der Waals surface area (Å²) in [4.78, 5) is 4.22. The molecule has 0 saturated carbocycles. The normalized spacial score (nSPS) is 10.4. The van der Waals surface area contributed by atoms with Crippen molar-refractivity contribution in [1.82, 2.24) is 4.98 Å². The van der Waals surface area contributed by atoms with Crippen molar-refractivity contribution in [2.24, 2.45) is 5.73 Å². The van der Waals surface area contributed by atoms with Gasteiger partial charge in [-0.2, -0.15) is 0 Å². The number of aryl methyl sites for hydroxylation is 2. The smallest absolute Gasteiger partial charge is 0.219 e. The SMILES string of the molecule is Cc1ccc(C)c(Oc2cc(CN)ccn2)c1C. The van der Waals surface area contributed by atoms with Gasteiger partial charge in [0, 0.05) is 18.8 Å². The Labute approximate surface area is 108 Å². The third-order valence-electron chi connectivity index (χ3n) is 3.12. The fourth-order valence-corrected chi connectivity index (χ4v) is 1.82. The third-order valence-corrected chi connectivity index (χ3v) is 3.12. The molecule has 0 aliphatic carbocycles. The number of hydrogen-bond donors (Lipinski definition) is 1. The van der Waals surface area contributed by atoms with Crippen LogP contribution in [0, 0.1) is 20.8 Å². The second-order valence-electron chi connectivity index (χ2n) is 4.46. The summed E-state index contributed by atoms with van der Waals surface area (Å²) >= 11 is 0. The first-order valence-corrected chi connectivity index (χ1v) is 6.01. The average molecular weight is 242 g/mol. The first kappa shape index (κ1) is 12.6. The van der Waals surface area contributed by atoms with Crippen LogP contribution in [0.5, 0.6) is 11.6 Å². The highest BCUT2D eigenvalue weighted by Crippen LogP contribution is 2.29. The van der Waals surface area contributed by atoms with Crippen LogP contribution in [0.4, 0.5) is 0 Å². The van der Waals surface area contributed by atoms with Crippen LogP contribution in [-0.4, -0.2) is 4.98 Å². The number of nitrogens with zero attached hydrogens (tertiary/aromatic N) is 1. The van der Waals surface area contributed by atoms with Crippen LogP contribution in [0.25, 0.3) is 0 Å². The molecule has 2 N–H and O–H groups in total. The summed E-state index contributed by atoms with van der Waals surface area (Å²) < 4.78 is 5.90. The Hall–Kier alpha value is -1.87. The van der Waals surface area contributed by atoms with Gasteiger partial charge in [0.05, 0.1) is 0 Å². The van der Waals surface area contributed by atoms with Crippen LogP contribution in [0.2, 0.25) is 0 Å². The van der Waals surface area contributed by atoms with Gasteiger partial charge in [-0.05, 0) is 49.1 Å². The van der Waals surface area contributed by atoms with Gasteiger partial charge < -0.3 is 10.5 Å². The fraction of sp³-hybridized carbons (Fsp3) is 0.267. The molecule has 0 fully saturated rings. The van der Waals surface area contributed by atoms with Crippen molar-refractivity contribution in [1.29, 1.82) is 0 Å². The highest BCUT2D eigenvalue weighted by molar-refractivity contribution is 5.46. The zero-order chi connectivity index (χ0) is 13.1. The van der Waals surface area contributed by atoms with Gasteiger partial charge in [0.15, 0.2) is 0 Å². The number of nitrogens with two attached hydrogens (primary N) is 1. The Morgan fingerprint density at radius 3 is 2.56 bits per heavy atom. The van der Waals surface area contributed by atoms with E-state index in [-0.39, 0.29) is 0 Å². The van der Waals surface area contributed by atoms with Crippen molar-refractivity contribution < 1.29 is 4.74 Å². The summed E-state index contributed by atoms with van der Waals surface area (Å²) in [6.07, 6.45) is 1.72. The molecule has 0 unspecified atom stereocenters. The summed E-state index contributed by atoms with van der Waals surface area (Å²) in [7, 11) is 0. The molecule has 1 aromatic carbocycles. The monoisotopic (exact) mass is 242 g/mol. The molecule has 0 aliphatic heterocycles. The van der Waals surface area contributed by atoms with E-state index < -0.39 is 0 Å². The number of pyridine rings is 1. The summed E-state index contributed by atoms with van der Waals surface area (Å²) in [5.41, 5.74) is 10.1. The Kier molecular flexibility index (Phi) is 3.63. The second-order valence-corrected chi connectivity index (χ2v) is 4.46. The fourth-order valence-electron chi connectivity index (χ4n) is 1.82. The molecule has 0 atom stereocenters. The lowest BCUT2D eigenvalue weighted by Gasteiger charge is -2.13. The molecule has 94 valence electrons. The van der Waals surface area contributed by atoms with Gasteiger partial charge in [0.1, 0.15) is 5.75 Å². The molecular formula is C15H18N2O.